The van der Waals surface area contributed by atoms with Gasteiger partial charge in [0.05, 0.1) is 12.6 Å². The summed E-state index contributed by atoms with van der Waals surface area (Å²) in [6.07, 6.45) is 9.54. The van der Waals surface area contributed by atoms with Crippen LogP contribution in [0.25, 0.3) is 0 Å². The van der Waals surface area contributed by atoms with E-state index < -0.39 is 0 Å². The summed E-state index contributed by atoms with van der Waals surface area (Å²) in [6, 6.07) is 0.798. The lowest BCUT2D eigenvalue weighted by Crippen LogP contribution is -2.52. The van der Waals surface area contributed by atoms with Gasteiger partial charge in [-0.25, -0.2) is 4.79 Å². The Morgan fingerprint density at radius 3 is 2.61 bits per heavy atom. The standard InChI is InChI=1S/C14H26N2O2/c1-18-11-13-9-5-6-10-16(13)14(17)15-12-7-3-2-4-8-12/h12-13H,2-11H2,1H3,(H,15,17). The number of carbonyl (C=O) groups excluding carboxylic acids is 1. The number of nitrogens with zero attached hydrogens (tertiary/aromatic N) is 1. The van der Waals surface area contributed by atoms with Crippen molar-refractivity contribution < 1.29 is 9.53 Å². The summed E-state index contributed by atoms with van der Waals surface area (Å²) in [5, 5.41) is 3.21. The number of ether oxygens (including phenoxy) is 1. The molecular weight excluding hydrogens is 228 g/mol. The SMILES string of the molecule is COCC1CCCCN1C(=O)NC1CCCCC1. The molecular formula is C14H26N2O2. The van der Waals surface area contributed by atoms with Crippen molar-refractivity contribution in [2.75, 3.05) is 20.3 Å². The number of hydrogen-bond acceptors (Lipinski definition) is 2. The second-order valence-corrected chi connectivity index (χ2v) is 5.58. The zero-order chi connectivity index (χ0) is 12.8. The van der Waals surface area contributed by atoms with Gasteiger partial charge in [-0.3, -0.25) is 0 Å². The normalized spacial score (nSPS) is 26.1. The van der Waals surface area contributed by atoms with Gasteiger partial charge in [0.15, 0.2) is 0 Å². The third kappa shape index (κ3) is 3.61. The minimum Gasteiger partial charge on any atom is -0.383 e. The molecule has 1 aliphatic heterocycles. The number of methoxy groups -OCH3 is 1. The molecule has 4 heteroatoms. The van der Waals surface area contributed by atoms with Crippen LogP contribution in [0.1, 0.15) is 51.4 Å². The smallest absolute Gasteiger partial charge is 0.317 e. The van der Waals surface area contributed by atoms with Crippen molar-refractivity contribution in [3.63, 3.8) is 0 Å². The lowest BCUT2D eigenvalue weighted by Gasteiger charge is -2.36. The molecule has 104 valence electrons. The summed E-state index contributed by atoms with van der Waals surface area (Å²) in [5.74, 6) is 0. The molecule has 2 amide bonds. The van der Waals surface area contributed by atoms with Crippen LogP contribution in [0.5, 0.6) is 0 Å². The molecule has 1 aliphatic carbocycles. The highest BCUT2D eigenvalue weighted by atomic mass is 16.5. The maximum atomic E-state index is 12.3. The van der Waals surface area contributed by atoms with Crippen LogP contribution in [-0.2, 0) is 4.74 Å². The van der Waals surface area contributed by atoms with Crippen LogP contribution in [-0.4, -0.2) is 43.3 Å². The molecule has 0 bridgehead atoms. The van der Waals surface area contributed by atoms with Crippen molar-refractivity contribution in [2.45, 2.75) is 63.5 Å². The van der Waals surface area contributed by atoms with Gasteiger partial charge in [0.25, 0.3) is 0 Å². The van der Waals surface area contributed by atoms with Gasteiger partial charge in [-0.1, -0.05) is 19.3 Å². The van der Waals surface area contributed by atoms with Crippen LogP contribution in [0.3, 0.4) is 0 Å². The molecule has 0 aromatic rings. The molecule has 1 saturated heterocycles. The Hall–Kier alpha value is -0.770. The van der Waals surface area contributed by atoms with Crippen LogP contribution in [0.2, 0.25) is 0 Å². The predicted molar refractivity (Wildman–Crippen MR) is 71.6 cm³/mol. The summed E-state index contributed by atoms with van der Waals surface area (Å²) in [7, 11) is 1.71. The molecule has 2 fully saturated rings. The molecule has 0 aromatic carbocycles. The van der Waals surface area contributed by atoms with Gasteiger partial charge < -0.3 is 15.0 Å². The van der Waals surface area contributed by atoms with Gasteiger partial charge in [-0.15, -0.1) is 0 Å². The first-order valence-corrected chi connectivity index (χ1v) is 7.37. The minimum absolute atomic E-state index is 0.128. The van der Waals surface area contributed by atoms with Gasteiger partial charge in [-0.05, 0) is 32.1 Å². The fourth-order valence-corrected chi connectivity index (χ4v) is 3.14. The fraction of sp³-hybridized carbons (Fsp3) is 0.929. The Kier molecular flexibility index (Phi) is 5.29. The number of piperidine rings is 1. The average Bonchev–Trinajstić information content (AvgIpc) is 2.41. The van der Waals surface area contributed by atoms with Crippen molar-refractivity contribution >= 4 is 6.03 Å². The van der Waals surface area contributed by atoms with Crippen LogP contribution in [0.4, 0.5) is 4.79 Å². The molecule has 4 nitrogen and oxygen atoms in total. The summed E-state index contributed by atoms with van der Waals surface area (Å²) in [4.78, 5) is 14.3. The molecule has 1 unspecified atom stereocenters. The van der Waals surface area contributed by atoms with Crippen molar-refractivity contribution in [1.29, 1.82) is 0 Å². The van der Waals surface area contributed by atoms with E-state index in [9.17, 15) is 4.79 Å². The van der Waals surface area contributed by atoms with E-state index in [0.29, 0.717) is 12.6 Å². The van der Waals surface area contributed by atoms with Gasteiger partial charge in [0.1, 0.15) is 0 Å². The number of nitrogens with one attached hydrogen (secondary N) is 1. The Morgan fingerprint density at radius 2 is 1.89 bits per heavy atom. The highest BCUT2D eigenvalue weighted by molar-refractivity contribution is 5.75. The zero-order valence-corrected chi connectivity index (χ0v) is 11.5. The van der Waals surface area contributed by atoms with E-state index in [2.05, 4.69) is 5.32 Å². The molecule has 2 aliphatic rings. The predicted octanol–water partition coefficient (Wildman–Crippen LogP) is 2.53. The third-order valence-corrected chi connectivity index (χ3v) is 4.18. The summed E-state index contributed by atoms with van der Waals surface area (Å²) < 4.78 is 5.23. The minimum atomic E-state index is 0.128. The quantitative estimate of drug-likeness (QED) is 0.841. The van der Waals surface area contributed by atoms with Gasteiger partial charge >= 0.3 is 6.03 Å². The molecule has 1 atom stereocenters. The van der Waals surface area contributed by atoms with Crippen LogP contribution < -0.4 is 5.32 Å². The molecule has 2 rings (SSSR count). The van der Waals surface area contributed by atoms with Crippen LogP contribution >= 0.6 is 0 Å². The number of carbonyl (C=O) groups is 1. The number of rotatable bonds is 3. The van der Waals surface area contributed by atoms with Crippen LogP contribution in [0.15, 0.2) is 0 Å². The maximum absolute atomic E-state index is 12.3. The van der Waals surface area contributed by atoms with Gasteiger partial charge in [-0.2, -0.15) is 0 Å². The Balaban J connectivity index is 1.84. The molecule has 1 heterocycles. The number of likely N-dealkylation sites (tertiary alicyclic amines) is 1. The lowest BCUT2D eigenvalue weighted by atomic mass is 9.95. The van der Waals surface area contributed by atoms with Gasteiger partial charge in [0, 0.05) is 19.7 Å². The maximum Gasteiger partial charge on any atom is 0.317 e. The lowest BCUT2D eigenvalue weighted by molar-refractivity contribution is 0.0809. The highest BCUT2D eigenvalue weighted by Crippen LogP contribution is 2.20. The Bertz CT molecular complexity index is 263. The summed E-state index contributed by atoms with van der Waals surface area (Å²) in [5.41, 5.74) is 0. The largest absolute Gasteiger partial charge is 0.383 e. The molecule has 0 aromatic heterocycles. The first kappa shape index (κ1) is 13.7. The van der Waals surface area contributed by atoms with E-state index in [1.807, 2.05) is 4.90 Å². The van der Waals surface area contributed by atoms with E-state index in [4.69, 9.17) is 4.74 Å². The molecule has 18 heavy (non-hydrogen) atoms. The van der Waals surface area contributed by atoms with E-state index in [1.54, 1.807) is 7.11 Å². The number of urea groups is 1. The molecule has 1 saturated carbocycles. The molecule has 0 radical (unpaired) electrons. The first-order chi connectivity index (χ1) is 8.81. The van der Waals surface area contributed by atoms with E-state index in [-0.39, 0.29) is 12.1 Å². The Morgan fingerprint density at radius 1 is 1.17 bits per heavy atom. The molecule has 1 N–H and O–H groups in total. The monoisotopic (exact) mass is 254 g/mol. The third-order valence-electron chi connectivity index (χ3n) is 4.18. The fourth-order valence-electron chi connectivity index (χ4n) is 3.14. The second kappa shape index (κ2) is 6.98. The zero-order valence-electron chi connectivity index (χ0n) is 11.5. The number of hydrogen-bond donors (Lipinski definition) is 1. The van der Waals surface area contributed by atoms with Crippen molar-refractivity contribution in [2.24, 2.45) is 0 Å². The topological polar surface area (TPSA) is 41.6 Å². The average molecular weight is 254 g/mol. The van der Waals surface area contributed by atoms with Crippen molar-refractivity contribution in [3.8, 4) is 0 Å². The molecule has 0 spiro atoms. The van der Waals surface area contributed by atoms with E-state index in [1.165, 1.54) is 25.7 Å². The summed E-state index contributed by atoms with van der Waals surface area (Å²) >= 11 is 0. The van der Waals surface area contributed by atoms with Gasteiger partial charge in [0.2, 0.25) is 0 Å². The summed E-state index contributed by atoms with van der Waals surface area (Å²) in [6.45, 7) is 1.55. The Labute approximate surface area is 110 Å². The highest BCUT2D eigenvalue weighted by Gasteiger charge is 2.28. The van der Waals surface area contributed by atoms with Crippen molar-refractivity contribution in [3.05, 3.63) is 0 Å². The number of amides is 2. The van der Waals surface area contributed by atoms with Crippen LogP contribution in [0, 0.1) is 0 Å². The van der Waals surface area contributed by atoms with E-state index >= 15 is 0 Å². The van der Waals surface area contributed by atoms with E-state index in [0.717, 1.165) is 32.2 Å². The first-order valence-electron chi connectivity index (χ1n) is 7.37. The second-order valence-electron chi connectivity index (χ2n) is 5.58. The van der Waals surface area contributed by atoms with Crippen molar-refractivity contribution in [1.82, 2.24) is 10.2 Å².